The third-order valence-corrected chi connectivity index (χ3v) is 7.09. The Kier molecular flexibility index (Phi) is 9.18. The number of aromatic nitrogens is 1. The van der Waals surface area contributed by atoms with Crippen molar-refractivity contribution in [2.24, 2.45) is 11.8 Å². The van der Waals surface area contributed by atoms with Crippen LogP contribution in [0.5, 0.6) is 0 Å². The van der Waals surface area contributed by atoms with E-state index in [0.717, 1.165) is 73.1 Å². The van der Waals surface area contributed by atoms with Crippen LogP contribution in [0.2, 0.25) is 0 Å². The van der Waals surface area contributed by atoms with Crippen molar-refractivity contribution in [1.29, 1.82) is 0 Å². The summed E-state index contributed by atoms with van der Waals surface area (Å²) in [6, 6.07) is 0.137. The zero-order valence-corrected chi connectivity index (χ0v) is 18.4. The second-order valence-corrected chi connectivity index (χ2v) is 8.88. The van der Waals surface area contributed by atoms with E-state index in [0.29, 0.717) is 0 Å². The van der Waals surface area contributed by atoms with Crippen LogP contribution in [0.3, 0.4) is 0 Å². The molecule has 1 aliphatic carbocycles. The number of carbonyl (C=O) groups is 2. The highest BCUT2D eigenvalue weighted by Crippen LogP contribution is 2.27. The number of nitrogens with zero attached hydrogens (tertiary/aromatic N) is 1. The van der Waals surface area contributed by atoms with Gasteiger partial charge in [0.25, 0.3) is 5.91 Å². The van der Waals surface area contributed by atoms with Gasteiger partial charge in [-0.15, -0.1) is 23.7 Å². The zero-order valence-electron chi connectivity index (χ0n) is 16.8. The van der Waals surface area contributed by atoms with Crippen molar-refractivity contribution in [1.82, 2.24) is 15.6 Å². The highest BCUT2D eigenvalue weighted by Gasteiger charge is 2.28. The van der Waals surface area contributed by atoms with Crippen molar-refractivity contribution in [3.05, 3.63) is 15.6 Å². The summed E-state index contributed by atoms with van der Waals surface area (Å²) in [5.41, 5.74) is 0.834. The predicted molar refractivity (Wildman–Crippen MR) is 113 cm³/mol. The molecule has 0 radical (unpaired) electrons. The summed E-state index contributed by atoms with van der Waals surface area (Å²) in [4.78, 5) is 29.7. The summed E-state index contributed by atoms with van der Waals surface area (Å²) in [5, 5.41) is 7.62. The molecule has 0 unspecified atom stereocenters. The van der Waals surface area contributed by atoms with Gasteiger partial charge in [-0.05, 0) is 77.3 Å². The Morgan fingerprint density at radius 3 is 2.50 bits per heavy atom. The first-order valence-electron chi connectivity index (χ1n) is 10.1. The van der Waals surface area contributed by atoms with Gasteiger partial charge in [-0.1, -0.05) is 0 Å². The van der Waals surface area contributed by atoms with E-state index < -0.39 is 0 Å². The van der Waals surface area contributed by atoms with Crippen LogP contribution in [0.25, 0.3) is 0 Å². The Morgan fingerprint density at radius 1 is 1.18 bits per heavy atom. The van der Waals surface area contributed by atoms with Crippen molar-refractivity contribution in [3.8, 4) is 0 Å². The first-order valence-corrected chi connectivity index (χ1v) is 10.9. The molecular formula is C20H32ClN3O3S. The fraction of sp³-hybridized carbons (Fsp3) is 0.750. The maximum absolute atomic E-state index is 12.7. The minimum atomic E-state index is -0.128. The van der Waals surface area contributed by atoms with Crippen molar-refractivity contribution in [3.63, 3.8) is 0 Å². The van der Waals surface area contributed by atoms with Crippen LogP contribution in [0.1, 0.15) is 65.3 Å². The number of hydrogen-bond acceptors (Lipinski definition) is 6. The molecular weight excluding hydrogens is 398 g/mol. The lowest BCUT2D eigenvalue weighted by Gasteiger charge is -2.27. The number of thiazole rings is 1. The summed E-state index contributed by atoms with van der Waals surface area (Å²) in [6.45, 7) is 4.16. The van der Waals surface area contributed by atoms with Gasteiger partial charge in [-0.2, -0.15) is 0 Å². The second-order valence-electron chi connectivity index (χ2n) is 7.80. The molecule has 6 nitrogen and oxygen atoms in total. The molecule has 28 heavy (non-hydrogen) atoms. The lowest BCUT2D eigenvalue weighted by atomic mass is 9.86. The number of nitrogens with one attached hydrogen (secondary N) is 2. The van der Waals surface area contributed by atoms with E-state index >= 15 is 0 Å². The van der Waals surface area contributed by atoms with Crippen molar-refractivity contribution in [2.45, 2.75) is 64.3 Å². The molecule has 2 aliphatic rings. The SMILES string of the molecule is COC(=O)[C@H]1CC[C@H](NC(=O)c2sc(CCC3CCNCC3)nc2C)CC1.Cl. The first kappa shape index (κ1) is 23.1. The van der Waals surface area contributed by atoms with Crippen LogP contribution < -0.4 is 10.6 Å². The van der Waals surface area contributed by atoms with E-state index in [1.807, 2.05) is 6.92 Å². The molecule has 2 heterocycles. The standard InChI is InChI=1S/C20H31N3O3S.ClH/c1-13-18(27-17(22-13)8-3-14-9-11-21-12-10-14)19(24)23-16-6-4-15(5-7-16)20(25)26-2;/h14-16,21H,3-12H2,1-2H3,(H,23,24);1H/t15-,16-;. The molecule has 1 aromatic rings. The van der Waals surface area contributed by atoms with Crippen LogP contribution in [-0.2, 0) is 16.0 Å². The number of hydrogen-bond donors (Lipinski definition) is 2. The molecule has 1 saturated heterocycles. The average Bonchev–Trinajstić information content (AvgIpc) is 3.08. The van der Waals surface area contributed by atoms with Gasteiger partial charge in [0.15, 0.2) is 0 Å². The zero-order chi connectivity index (χ0) is 19.2. The minimum Gasteiger partial charge on any atom is -0.469 e. The molecule has 158 valence electrons. The number of amides is 1. The Morgan fingerprint density at radius 2 is 1.86 bits per heavy atom. The fourth-order valence-electron chi connectivity index (χ4n) is 4.16. The van der Waals surface area contributed by atoms with E-state index in [4.69, 9.17) is 4.74 Å². The number of ether oxygens (including phenoxy) is 1. The first-order chi connectivity index (χ1) is 13.1. The molecule has 1 aromatic heterocycles. The molecule has 2 N–H and O–H groups in total. The number of halogens is 1. The summed E-state index contributed by atoms with van der Waals surface area (Å²) in [7, 11) is 1.44. The number of aryl methyl sites for hydroxylation is 2. The second kappa shape index (κ2) is 11.1. The van der Waals surface area contributed by atoms with Crippen LogP contribution >= 0.6 is 23.7 Å². The normalized spacial score (nSPS) is 22.9. The van der Waals surface area contributed by atoms with E-state index in [1.54, 1.807) is 11.3 Å². The lowest BCUT2D eigenvalue weighted by Crippen LogP contribution is -2.38. The summed E-state index contributed by atoms with van der Waals surface area (Å²) >= 11 is 1.54. The Balaban J connectivity index is 0.00000280. The van der Waals surface area contributed by atoms with Gasteiger partial charge in [-0.3, -0.25) is 9.59 Å². The number of carbonyl (C=O) groups excluding carboxylic acids is 2. The summed E-state index contributed by atoms with van der Waals surface area (Å²) < 4.78 is 4.82. The van der Waals surface area contributed by atoms with Gasteiger partial charge in [-0.25, -0.2) is 4.98 Å². The van der Waals surface area contributed by atoms with E-state index in [1.165, 1.54) is 20.0 Å². The maximum Gasteiger partial charge on any atom is 0.308 e. The number of rotatable bonds is 6. The van der Waals surface area contributed by atoms with Crippen molar-refractivity contribution in [2.75, 3.05) is 20.2 Å². The largest absolute Gasteiger partial charge is 0.469 e. The van der Waals surface area contributed by atoms with Gasteiger partial charge in [0.1, 0.15) is 4.88 Å². The number of piperidine rings is 1. The van der Waals surface area contributed by atoms with Gasteiger partial charge < -0.3 is 15.4 Å². The summed E-state index contributed by atoms with van der Waals surface area (Å²) in [6.07, 6.45) is 7.82. The molecule has 1 amide bonds. The number of esters is 1. The molecule has 0 atom stereocenters. The molecule has 1 aliphatic heterocycles. The lowest BCUT2D eigenvalue weighted by molar-refractivity contribution is -0.146. The third-order valence-electron chi connectivity index (χ3n) is 5.87. The Bertz CT molecular complexity index is 653. The molecule has 3 rings (SSSR count). The van der Waals surface area contributed by atoms with Crippen LogP contribution in [0, 0.1) is 18.8 Å². The van der Waals surface area contributed by atoms with Crippen LogP contribution in [0.15, 0.2) is 0 Å². The molecule has 0 aromatic carbocycles. The molecule has 0 spiro atoms. The van der Waals surface area contributed by atoms with Gasteiger partial charge >= 0.3 is 5.97 Å². The molecule has 1 saturated carbocycles. The molecule has 8 heteroatoms. The Hall–Kier alpha value is -1.18. The smallest absolute Gasteiger partial charge is 0.308 e. The predicted octanol–water partition coefficient (Wildman–Crippen LogP) is 3.27. The van der Waals surface area contributed by atoms with E-state index in [2.05, 4.69) is 15.6 Å². The van der Waals surface area contributed by atoms with Crippen molar-refractivity contribution >= 4 is 35.6 Å². The quantitative estimate of drug-likeness (QED) is 0.678. The van der Waals surface area contributed by atoms with Crippen LogP contribution in [0.4, 0.5) is 0 Å². The van der Waals surface area contributed by atoms with Gasteiger partial charge in [0.05, 0.1) is 23.7 Å². The highest BCUT2D eigenvalue weighted by molar-refractivity contribution is 7.13. The third kappa shape index (κ3) is 6.16. The number of methoxy groups -OCH3 is 1. The fourth-order valence-corrected chi connectivity index (χ4v) is 5.14. The highest BCUT2D eigenvalue weighted by atomic mass is 35.5. The van der Waals surface area contributed by atoms with Gasteiger partial charge in [0, 0.05) is 6.04 Å². The van der Waals surface area contributed by atoms with Crippen molar-refractivity contribution < 1.29 is 14.3 Å². The topological polar surface area (TPSA) is 80.3 Å². The maximum atomic E-state index is 12.7. The molecule has 2 fully saturated rings. The van der Waals surface area contributed by atoms with E-state index in [9.17, 15) is 9.59 Å². The average molecular weight is 430 g/mol. The molecule has 0 bridgehead atoms. The summed E-state index contributed by atoms with van der Waals surface area (Å²) in [5.74, 6) is 0.615. The van der Waals surface area contributed by atoms with E-state index in [-0.39, 0.29) is 36.2 Å². The van der Waals surface area contributed by atoms with Crippen LogP contribution in [-0.4, -0.2) is 43.1 Å². The van der Waals surface area contributed by atoms with Gasteiger partial charge in [0.2, 0.25) is 0 Å². The Labute approximate surface area is 177 Å². The monoisotopic (exact) mass is 429 g/mol. The minimum absolute atomic E-state index is 0.